The van der Waals surface area contributed by atoms with Gasteiger partial charge in [-0.05, 0) is 37.0 Å². The molecular weight excluding hydrogens is 291 g/mol. The summed E-state index contributed by atoms with van der Waals surface area (Å²) >= 11 is 0. The number of rotatable bonds is 3. The Morgan fingerprint density at radius 2 is 2.09 bits per heavy atom. The highest BCUT2D eigenvalue weighted by atomic mass is 19.4. The average Bonchev–Trinajstić information content (AvgIpc) is 3.30. The lowest BCUT2D eigenvalue weighted by Crippen LogP contribution is -2.38. The van der Waals surface area contributed by atoms with E-state index in [0.717, 1.165) is 24.6 Å². The molecule has 0 unspecified atom stereocenters. The van der Waals surface area contributed by atoms with Gasteiger partial charge in [0, 0.05) is 19.2 Å². The van der Waals surface area contributed by atoms with Gasteiger partial charge >= 0.3 is 6.18 Å². The second kappa shape index (κ2) is 7.21. The van der Waals surface area contributed by atoms with E-state index in [4.69, 9.17) is 0 Å². The molecule has 0 heterocycles. The van der Waals surface area contributed by atoms with E-state index in [0.29, 0.717) is 18.1 Å². The van der Waals surface area contributed by atoms with Crippen molar-refractivity contribution < 1.29 is 13.2 Å². The molecule has 22 heavy (non-hydrogen) atoms. The number of benzene rings is 1. The Morgan fingerprint density at radius 1 is 1.32 bits per heavy atom. The van der Waals surface area contributed by atoms with Crippen LogP contribution in [0.2, 0.25) is 0 Å². The van der Waals surface area contributed by atoms with E-state index in [1.54, 1.807) is 13.1 Å². The SMILES string of the molecule is CN=C(NCC#Cc1cccc(C(F)(F)F)c1)NCC1CC1. The number of aliphatic imine (C=N–C) groups is 1. The first-order valence-electron chi connectivity index (χ1n) is 7.09. The molecule has 0 amide bonds. The lowest BCUT2D eigenvalue weighted by molar-refractivity contribution is -0.137. The number of alkyl halides is 3. The van der Waals surface area contributed by atoms with E-state index >= 15 is 0 Å². The normalized spacial score (nSPS) is 15.0. The van der Waals surface area contributed by atoms with Crippen LogP contribution >= 0.6 is 0 Å². The standard InChI is InChI=1S/C16H18F3N3/c1-20-15(22-11-13-7-8-13)21-9-3-5-12-4-2-6-14(10-12)16(17,18)19/h2,4,6,10,13H,7-9,11H2,1H3,(H2,20,21,22). The Kier molecular flexibility index (Phi) is 5.31. The van der Waals surface area contributed by atoms with Crippen LogP contribution in [0.15, 0.2) is 29.3 Å². The molecule has 2 rings (SSSR count). The van der Waals surface area contributed by atoms with Gasteiger partial charge < -0.3 is 10.6 Å². The van der Waals surface area contributed by atoms with Gasteiger partial charge in [0.05, 0.1) is 12.1 Å². The Balaban J connectivity index is 1.85. The van der Waals surface area contributed by atoms with Crippen LogP contribution in [0.3, 0.4) is 0 Å². The summed E-state index contributed by atoms with van der Waals surface area (Å²) in [5.74, 6) is 6.91. The Bertz CT molecular complexity index is 593. The zero-order valence-electron chi connectivity index (χ0n) is 12.3. The molecule has 3 nitrogen and oxygen atoms in total. The number of guanidine groups is 1. The van der Waals surface area contributed by atoms with Crippen LogP contribution in [-0.4, -0.2) is 26.1 Å². The van der Waals surface area contributed by atoms with Crippen molar-refractivity contribution in [2.24, 2.45) is 10.9 Å². The van der Waals surface area contributed by atoms with Gasteiger partial charge in [-0.2, -0.15) is 13.2 Å². The molecule has 0 aliphatic heterocycles. The van der Waals surface area contributed by atoms with Gasteiger partial charge in [-0.15, -0.1) is 0 Å². The minimum Gasteiger partial charge on any atom is -0.356 e. The monoisotopic (exact) mass is 309 g/mol. The molecule has 0 aromatic heterocycles. The maximum atomic E-state index is 12.6. The molecule has 1 saturated carbocycles. The van der Waals surface area contributed by atoms with Crippen molar-refractivity contribution in [2.45, 2.75) is 19.0 Å². The summed E-state index contributed by atoms with van der Waals surface area (Å²) in [6.45, 7) is 1.21. The third-order valence-corrected chi connectivity index (χ3v) is 3.25. The molecule has 6 heteroatoms. The first-order valence-corrected chi connectivity index (χ1v) is 7.09. The summed E-state index contributed by atoms with van der Waals surface area (Å²) in [6.07, 6.45) is -1.84. The molecule has 0 radical (unpaired) electrons. The minimum absolute atomic E-state index is 0.320. The van der Waals surface area contributed by atoms with E-state index in [9.17, 15) is 13.2 Å². The minimum atomic E-state index is -4.34. The van der Waals surface area contributed by atoms with Crippen molar-refractivity contribution in [3.05, 3.63) is 35.4 Å². The van der Waals surface area contributed by atoms with Gasteiger partial charge in [-0.25, -0.2) is 0 Å². The van der Waals surface area contributed by atoms with Gasteiger partial charge in [0.2, 0.25) is 0 Å². The highest BCUT2D eigenvalue weighted by Crippen LogP contribution is 2.29. The van der Waals surface area contributed by atoms with Crippen molar-refractivity contribution in [1.29, 1.82) is 0 Å². The molecule has 2 N–H and O–H groups in total. The van der Waals surface area contributed by atoms with Crippen molar-refractivity contribution in [1.82, 2.24) is 10.6 Å². The number of nitrogens with zero attached hydrogens (tertiary/aromatic N) is 1. The summed E-state index contributed by atoms with van der Waals surface area (Å²) < 4.78 is 37.7. The Labute approximate surface area is 128 Å². The maximum Gasteiger partial charge on any atom is 0.416 e. The predicted molar refractivity (Wildman–Crippen MR) is 80.4 cm³/mol. The third-order valence-electron chi connectivity index (χ3n) is 3.25. The molecule has 1 aromatic carbocycles. The highest BCUT2D eigenvalue weighted by molar-refractivity contribution is 5.79. The van der Waals surface area contributed by atoms with Crippen LogP contribution in [-0.2, 0) is 6.18 Å². The zero-order chi connectivity index (χ0) is 16.0. The first kappa shape index (κ1) is 16.2. The molecule has 1 fully saturated rings. The number of halogens is 3. The Morgan fingerprint density at radius 3 is 2.73 bits per heavy atom. The Hall–Kier alpha value is -2.16. The molecular formula is C16H18F3N3. The lowest BCUT2D eigenvalue weighted by Gasteiger charge is -2.08. The molecule has 118 valence electrons. The van der Waals surface area contributed by atoms with Crippen molar-refractivity contribution >= 4 is 5.96 Å². The van der Waals surface area contributed by atoms with Gasteiger partial charge in [-0.1, -0.05) is 17.9 Å². The molecule has 1 aliphatic carbocycles. The van der Waals surface area contributed by atoms with Crippen LogP contribution in [0.4, 0.5) is 13.2 Å². The topological polar surface area (TPSA) is 36.4 Å². The quantitative estimate of drug-likeness (QED) is 0.511. The van der Waals surface area contributed by atoms with Crippen molar-refractivity contribution in [2.75, 3.05) is 20.1 Å². The van der Waals surface area contributed by atoms with Gasteiger partial charge in [0.1, 0.15) is 0 Å². The molecule has 0 saturated heterocycles. The van der Waals surface area contributed by atoms with Crippen molar-refractivity contribution in [3.63, 3.8) is 0 Å². The van der Waals surface area contributed by atoms with Crippen LogP contribution in [0.1, 0.15) is 24.0 Å². The molecule has 0 atom stereocenters. The summed E-state index contributed by atoms with van der Waals surface area (Å²) in [5, 5.41) is 6.19. The van der Waals surface area contributed by atoms with Gasteiger partial charge in [0.25, 0.3) is 0 Å². The summed E-state index contributed by atoms with van der Waals surface area (Å²) in [5.41, 5.74) is -0.341. The summed E-state index contributed by atoms with van der Waals surface area (Å²) in [4.78, 5) is 4.06. The number of hydrogen-bond acceptors (Lipinski definition) is 1. The third kappa shape index (κ3) is 5.32. The van der Waals surface area contributed by atoms with Crippen LogP contribution in [0, 0.1) is 17.8 Å². The van der Waals surface area contributed by atoms with Crippen LogP contribution < -0.4 is 10.6 Å². The second-order valence-electron chi connectivity index (χ2n) is 5.13. The molecule has 1 aromatic rings. The molecule has 1 aliphatic rings. The fraction of sp³-hybridized carbons (Fsp3) is 0.438. The first-order chi connectivity index (χ1) is 10.5. The molecule has 0 spiro atoms. The zero-order valence-corrected chi connectivity index (χ0v) is 12.3. The van der Waals surface area contributed by atoms with E-state index in [1.807, 2.05) is 0 Å². The fourth-order valence-electron chi connectivity index (χ4n) is 1.83. The average molecular weight is 309 g/mol. The smallest absolute Gasteiger partial charge is 0.356 e. The van der Waals surface area contributed by atoms with E-state index in [-0.39, 0.29) is 0 Å². The largest absolute Gasteiger partial charge is 0.416 e. The van der Waals surface area contributed by atoms with Gasteiger partial charge in [0.15, 0.2) is 5.96 Å². The van der Waals surface area contributed by atoms with Crippen LogP contribution in [0.5, 0.6) is 0 Å². The summed E-state index contributed by atoms with van der Waals surface area (Å²) in [6, 6.07) is 5.00. The lowest BCUT2D eigenvalue weighted by atomic mass is 10.1. The van der Waals surface area contributed by atoms with Crippen molar-refractivity contribution in [3.8, 4) is 11.8 Å². The van der Waals surface area contributed by atoms with Gasteiger partial charge in [-0.3, -0.25) is 4.99 Å². The number of hydrogen-bond donors (Lipinski definition) is 2. The fourth-order valence-corrected chi connectivity index (χ4v) is 1.83. The highest BCUT2D eigenvalue weighted by Gasteiger charge is 2.30. The molecule has 0 bridgehead atoms. The van der Waals surface area contributed by atoms with E-state index < -0.39 is 11.7 Å². The predicted octanol–water partition coefficient (Wildman–Crippen LogP) is 2.63. The summed E-state index contributed by atoms with van der Waals surface area (Å²) in [7, 11) is 1.67. The van der Waals surface area contributed by atoms with E-state index in [1.165, 1.54) is 18.9 Å². The maximum absolute atomic E-state index is 12.6. The van der Waals surface area contributed by atoms with Crippen LogP contribution in [0.25, 0.3) is 0 Å². The second-order valence-corrected chi connectivity index (χ2v) is 5.13. The van der Waals surface area contributed by atoms with E-state index in [2.05, 4.69) is 27.5 Å². The number of nitrogens with one attached hydrogen (secondary N) is 2.